The van der Waals surface area contributed by atoms with Crippen LogP contribution in [-0.4, -0.2) is 34.3 Å². The van der Waals surface area contributed by atoms with Gasteiger partial charge in [-0.3, -0.25) is 9.58 Å². The third kappa shape index (κ3) is 4.60. The highest BCUT2D eigenvalue weighted by atomic mass is 15.3. The lowest BCUT2D eigenvalue weighted by molar-refractivity contribution is 0.262. The molecule has 1 saturated carbocycles. The van der Waals surface area contributed by atoms with Gasteiger partial charge in [0.15, 0.2) is 0 Å². The van der Waals surface area contributed by atoms with Crippen molar-refractivity contribution in [3.8, 4) is 0 Å². The summed E-state index contributed by atoms with van der Waals surface area (Å²) in [7, 11) is 0. The van der Waals surface area contributed by atoms with E-state index in [2.05, 4.69) is 28.8 Å². The fraction of sp³-hybridized carbons (Fsp3) is 0.812. The quantitative estimate of drug-likeness (QED) is 0.795. The molecule has 1 heterocycles. The van der Waals surface area contributed by atoms with Crippen LogP contribution < -0.4 is 5.73 Å². The fourth-order valence-electron chi connectivity index (χ4n) is 3.07. The van der Waals surface area contributed by atoms with E-state index in [1.807, 2.05) is 0 Å². The van der Waals surface area contributed by atoms with Crippen LogP contribution in [0, 0.1) is 0 Å². The van der Waals surface area contributed by atoms with Crippen LogP contribution in [0.1, 0.15) is 63.6 Å². The zero-order chi connectivity index (χ0) is 14.2. The molecule has 0 aromatic carbocycles. The topological polar surface area (TPSA) is 47.1 Å². The minimum Gasteiger partial charge on any atom is -0.329 e. The Morgan fingerprint density at radius 3 is 2.80 bits per heavy atom. The van der Waals surface area contributed by atoms with E-state index in [-0.39, 0.29) is 0 Å². The monoisotopic (exact) mass is 278 g/mol. The fourth-order valence-corrected chi connectivity index (χ4v) is 3.07. The van der Waals surface area contributed by atoms with E-state index >= 15 is 0 Å². The van der Waals surface area contributed by atoms with Crippen LogP contribution in [0.5, 0.6) is 0 Å². The lowest BCUT2D eigenvalue weighted by atomic mass is 9.96. The van der Waals surface area contributed by atoms with Gasteiger partial charge in [0, 0.05) is 25.8 Å². The van der Waals surface area contributed by atoms with Crippen LogP contribution in [0.25, 0.3) is 0 Å². The molecule has 1 aromatic heterocycles. The second kappa shape index (κ2) is 8.42. The molecule has 1 fully saturated rings. The van der Waals surface area contributed by atoms with Gasteiger partial charge in [-0.1, -0.05) is 32.6 Å². The van der Waals surface area contributed by atoms with Gasteiger partial charge < -0.3 is 5.73 Å². The van der Waals surface area contributed by atoms with Crippen LogP contribution in [0.15, 0.2) is 12.3 Å². The van der Waals surface area contributed by atoms with Gasteiger partial charge in [-0.15, -0.1) is 0 Å². The Labute approximate surface area is 123 Å². The van der Waals surface area contributed by atoms with Gasteiger partial charge in [0.2, 0.25) is 0 Å². The van der Waals surface area contributed by atoms with Crippen molar-refractivity contribution in [2.24, 2.45) is 5.73 Å². The van der Waals surface area contributed by atoms with Crippen molar-refractivity contribution in [2.75, 3.05) is 19.6 Å². The molecule has 0 unspecified atom stereocenters. The number of nitrogens with two attached hydrogens (primary N) is 1. The van der Waals surface area contributed by atoms with E-state index in [4.69, 9.17) is 10.8 Å². The van der Waals surface area contributed by atoms with Gasteiger partial charge in [-0.05, 0) is 31.9 Å². The van der Waals surface area contributed by atoms with Crippen LogP contribution >= 0.6 is 0 Å². The Bertz CT molecular complexity index is 368. The molecule has 4 nitrogen and oxygen atoms in total. The molecule has 1 aromatic rings. The first-order valence-electron chi connectivity index (χ1n) is 8.30. The average molecular weight is 278 g/mol. The summed E-state index contributed by atoms with van der Waals surface area (Å²) in [6.45, 7) is 6.00. The molecule has 2 N–H and O–H groups in total. The maximum absolute atomic E-state index is 5.71. The zero-order valence-electron chi connectivity index (χ0n) is 12.9. The van der Waals surface area contributed by atoms with Crippen molar-refractivity contribution in [1.82, 2.24) is 14.7 Å². The number of unbranched alkanes of at least 4 members (excludes halogenated alkanes) is 1. The average Bonchev–Trinajstić information content (AvgIpc) is 2.94. The third-order valence-corrected chi connectivity index (χ3v) is 4.27. The van der Waals surface area contributed by atoms with Gasteiger partial charge in [0.1, 0.15) is 0 Å². The minimum absolute atomic E-state index is 0.635. The highest BCUT2D eigenvalue weighted by Crippen LogP contribution is 2.27. The smallest absolute Gasteiger partial charge is 0.0764 e. The first kappa shape index (κ1) is 15.5. The summed E-state index contributed by atoms with van der Waals surface area (Å²) in [4.78, 5) is 2.43. The van der Waals surface area contributed by atoms with E-state index in [1.54, 1.807) is 0 Å². The minimum atomic E-state index is 0.635. The summed E-state index contributed by atoms with van der Waals surface area (Å²) in [6, 6.07) is 2.82. The number of aromatic nitrogens is 2. The molecule has 20 heavy (non-hydrogen) atoms. The molecule has 0 radical (unpaired) electrons. The molecule has 2 rings (SSSR count). The molecule has 1 aliphatic carbocycles. The summed E-state index contributed by atoms with van der Waals surface area (Å²) in [6.07, 6.45) is 11.3. The molecular formula is C16H30N4. The largest absolute Gasteiger partial charge is 0.329 e. The van der Waals surface area contributed by atoms with Crippen LogP contribution in [0.2, 0.25) is 0 Å². The number of rotatable bonds is 8. The van der Waals surface area contributed by atoms with Crippen molar-refractivity contribution >= 4 is 0 Å². The van der Waals surface area contributed by atoms with Crippen molar-refractivity contribution < 1.29 is 0 Å². The zero-order valence-corrected chi connectivity index (χ0v) is 12.9. The van der Waals surface area contributed by atoms with Crippen molar-refractivity contribution in [3.05, 3.63) is 18.0 Å². The Hall–Kier alpha value is -0.870. The maximum atomic E-state index is 5.71. The van der Waals surface area contributed by atoms with Gasteiger partial charge >= 0.3 is 0 Å². The van der Waals surface area contributed by atoms with E-state index < -0.39 is 0 Å². The molecule has 0 aliphatic heterocycles. The number of nitrogens with zero attached hydrogens (tertiary/aromatic N) is 3. The summed E-state index contributed by atoms with van der Waals surface area (Å²) in [5.74, 6) is 0. The molecule has 0 bridgehead atoms. The van der Waals surface area contributed by atoms with E-state index in [0.717, 1.165) is 26.2 Å². The Balaban J connectivity index is 1.89. The second-order valence-electron chi connectivity index (χ2n) is 6.00. The van der Waals surface area contributed by atoms with Crippen LogP contribution in [-0.2, 0) is 6.54 Å². The molecule has 1 aliphatic rings. The third-order valence-electron chi connectivity index (χ3n) is 4.27. The normalized spacial score (nSPS) is 16.9. The molecule has 0 atom stereocenters. The van der Waals surface area contributed by atoms with Gasteiger partial charge in [0.25, 0.3) is 0 Å². The first-order valence-corrected chi connectivity index (χ1v) is 8.30. The van der Waals surface area contributed by atoms with Crippen LogP contribution in [0.4, 0.5) is 0 Å². The Morgan fingerprint density at radius 1 is 1.30 bits per heavy atom. The molecule has 4 heteroatoms. The van der Waals surface area contributed by atoms with Crippen molar-refractivity contribution in [3.63, 3.8) is 0 Å². The van der Waals surface area contributed by atoms with Gasteiger partial charge in [-0.25, -0.2) is 0 Å². The summed E-state index contributed by atoms with van der Waals surface area (Å²) in [5, 5.41) is 4.80. The molecule has 114 valence electrons. The molecule has 0 spiro atoms. The highest BCUT2D eigenvalue weighted by Gasteiger charge is 2.16. The Morgan fingerprint density at radius 2 is 2.10 bits per heavy atom. The van der Waals surface area contributed by atoms with Crippen molar-refractivity contribution in [2.45, 2.75) is 64.5 Å². The second-order valence-corrected chi connectivity index (χ2v) is 6.00. The van der Waals surface area contributed by atoms with Gasteiger partial charge in [-0.2, -0.15) is 5.10 Å². The predicted octanol–water partition coefficient (Wildman–Crippen LogP) is 2.95. The molecular weight excluding hydrogens is 248 g/mol. The number of hydrogen-bond acceptors (Lipinski definition) is 3. The standard InChI is InChI=1S/C16H30N4/c1-2-3-11-19(13-10-17)14-15-9-12-20(18-15)16-7-5-4-6-8-16/h9,12,16H,2-8,10-11,13-14,17H2,1H3. The predicted molar refractivity (Wildman–Crippen MR) is 83.6 cm³/mol. The van der Waals surface area contributed by atoms with Crippen LogP contribution in [0.3, 0.4) is 0 Å². The van der Waals surface area contributed by atoms with E-state index in [9.17, 15) is 0 Å². The summed E-state index contributed by atoms with van der Waals surface area (Å²) in [5.41, 5.74) is 6.90. The summed E-state index contributed by atoms with van der Waals surface area (Å²) >= 11 is 0. The number of hydrogen-bond donors (Lipinski definition) is 1. The highest BCUT2D eigenvalue weighted by molar-refractivity contribution is 5.00. The first-order chi connectivity index (χ1) is 9.83. The SMILES string of the molecule is CCCCN(CCN)Cc1ccn(C2CCCCC2)n1. The maximum Gasteiger partial charge on any atom is 0.0764 e. The lowest BCUT2D eigenvalue weighted by Gasteiger charge is -2.22. The van der Waals surface area contributed by atoms with Crippen molar-refractivity contribution in [1.29, 1.82) is 0 Å². The molecule has 0 amide bonds. The van der Waals surface area contributed by atoms with Gasteiger partial charge in [0.05, 0.1) is 11.7 Å². The lowest BCUT2D eigenvalue weighted by Crippen LogP contribution is -2.30. The van der Waals surface area contributed by atoms with E-state index in [1.165, 1.54) is 50.6 Å². The Kier molecular flexibility index (Phi) is 6.54. The summed E-state index contributed by atoms with van der Waals surface area (Å²) < 4.78 is 2.20. The molecule has 0 saturated heterocycles. The van der Waals surface area contributed by atoms with E-state index in [0.29, 0.717) is 6.04 Å².